The second-order valence-electron chi connectivity index (χ2n) is 7.14. The molecule has 2 aromatic carbocycles. The molecule has 28 heavy (non-hydrogen) atoms. The van der Waals surface area contributed by atoms with Gasteiger partial charge >= 0.3 is 0 Å². The standard InChI is InChI=1S/C21H19F3N2O2/c22-14-3-1-13(2-4-14)20-16(7-12-10-26(11-12)19(28)5-6-27)17-8-15(23)9-18(24)21(17)25-20/h1-4,8-9,12,25,27H,5-7,10-11H2. The first-order valence-corrected chi connectivity index (χ1v) is 9.10. The minimum atomic E-state index is -0.682. The van der Waals surface area contributed by atoms with E-state index in [1.54, 1.807) is 17.0 Å². The van der Waals surface area contributed by atoms with Gasteiger partial charge in [-0.2, -0.15) is 0 Å². The lowest BCUT2D eigenvalue weighted by Gasteiger charge is -2.39. The Kier molecular flexibility index (Phi) is 4.85. The summed E-state index contributed by atoms with van der Waals surface area (Å²) in [6.45, 7) is 0.883. The van der Waals surface area contributed by atoms with Gasteiger partial charge in [0.05, 0.1) is 12.1 Å². The molecule has 2 heterocycles. The summed E-state index contributed by atoms with van der Waals surface area (Å²) in [7, 11) is 0. The number of carbonyl (C=O) groups is 1. The highest BCUT2D eigenvalue weighted by molar-refractivity contribution is 5.91. The molecule has 0 aliphatic carbocycles. The Bertz CT molecular complexity index is 1020. The van der Waals surface area contributed by atoms with Crippen molar-refractivity contribution in [1.82, 2.24) is 9.88 Å². The van der Waals surface area contributed by atoms with Crippen LogP contribution in [0.2, 0.25) is 0 Å². The van der Waals surface area contributed by atoms with Crippen LogP contribution in [0.5, 0.6) is 0 Å². The Balaban J connectivity index is 1.69. The van der Waals surface area contributed by atoms with E-state index in [2.05, 4.69) is 4.98 Å². The number of hydrogen-bond donors (Lipinski definition) is 2. The summed E-state index contributed by atoms with van der Waals surface area (Å²) < 4.78 is 41.5. The van der Waals surface area contributed by atoms with E-state index < -0.39 is 11.6 Å². The summed E-state index contributed by atoms with van der Waals surface area (Å²) in [5, 5.41) is 9.34. The Morgan fingerprint density at radius 1 is 1.11 bits per heavy atom. The number of aromatic amines is 1. The van der Waals surface area contributed by atoms with Gasteiger partial charge < -0.3 is 15.0 Å². The molecule has 1 fully saturated rings. The molecule has 1 aliphatic heterocycles. The number of rotatable bonds is 5. The van der Waals surface area contributed by atoms with Crippen LogP contribution in [0.4, 0.5) is 13.2 Å². The summed E-state index contributed by atoms with van der Waals surface area (Å²) >= 11 is 0. The van der Waals surface area contributed by atoms with Crippen molar-refractivity contribution >= 4 is 16.8 Å². The highest BCUT2D eigenvalue weighted by Gasteiger charge is 2.32. The molecule has 2 N–H and O–H groups in total. The summed E-state index contributed by atoms with van der Waals surface area (Å²) in [4.78, 5) is 16.5. The molecule has 3 aromatic rings. The fraction of sp³-hybridized carbons (Fsp3) is 0.286. The topological polar surface area (TPSA) is 56.3 Å². The molecule has 1 aromatic heterocycles. The van der Waals surface area contributed by atoms with Crippen LogP contribution in [-0.4, -0.2) is 40.6 Å². The molecule has 0 saturated carbocycles. The lowest BCUT2D eigenvalue weighted by atomic mass is 9.89. The van der Waals surface area contributed by atoms with Gasteiger partial charge in [-0.1, -0.05) is 0 Å². The number of nitrogens with zero attached hydrogens (tertiary/aromatic N) is 1. The number of hydrogen-bond acceptors (Lipinski definition) is 2. The zero-order valence-electron chi connectivity index (χ0n) is 15.0. The Morgan fingerprint density at radius 2 is 1.82 bits per heavy atom. The molecule has 0 radical (unpaired) electrons. The van der Waals surface area contributed by atoms with Gasteiger partial charge in [-0.3, -0.25) is 4.79 Å². The van der Waals surface area contributed by atoms with Gasteiger partial charge in [0.1, 0.15) is 17.5 Å². The first-order chi connectivity index (χ1) is 13.5. The molecule has 146 valence electrons. The molecule has 4 nitrogen and oxygen atoms in total. The first kappa shape index (κ1) is 18.6. The number of carbonyl (C=O) groups excluding carboxylic acids is 1. The Labute approximate surface area is 159 Å². The maximum atomic E-state index is 14.3. The van der Waals surface area contributed by atoms with Gasteiger partial charge in [-0.25, -0.2) is 13.2 Å². The summed E-state index contributed by atoms with van der Waals surface area (Å²) in [5.41, 5.74) is 2.27. The summed E-state index contributed by atoms with van der Waals surface area (Å²) in [6.07, 6.45) is 0.621. The fourth-order valence-corrected chi connectivity index (χ4v) is 3.79. The van der Waals surface area contributed by atoms with Crippen molar-refractivity contribution in [1.29, 1.82) is 0 Å². The molecular formula is C21H19F3N2O2. The molecule has 7 heteroatoms. The highest BCUT2D eigenvalue weighted by atomic mass is 19.1. The number of amides is 1. The number of fused-ring (bicyclic) bond motifs is 1. The Morgan fingerprint density at radius 3 is 2.50 bits per heavy atom. The third kappa shape index (κ3) is 3.38. The first-order valence-electron chi connectivity index (χ1n) is 9.10. The second-order valence-corrected chi connectivity index (χ2v) is 7.14. The van der Waals surface area contributed by atoms with Crippen LogP contribution < -0.4 is 0 Å². The van der Waals surface area contributed by atoms with Crippen LogP contribution in [0.25, 0.3) is 22.2 Å². The second kappa shape index (κ2) is 7.31. The quantitative estimate of drug-likeness (QED) is 0.701. The number of H-pyrrole nitrogens is 1. The maximum Gasteiger partial charge on any atom is 0.224 e. The molecule has 4 rings (SSSR count). The maximum absolute atomic E-state index is 14.3. The number of benzene rings is 2. The van der Waals surface area contributed by atoms with Crippen molar-refractivity contribution in [2.24, 2.45) is 5.92 Å². The number of aliphatic hydroxyl groups is 1. The van der Waals surface area contributed by atoms with Crippen molar-refractivity contribution in [3.8, 4) is 11.3 Å². The van der Waals surface area contributed by atoms with Crippen molar-refractivity contribution in [3.63, 3.8) is 0 Å². The zero-order chi connectivity index (χ0) is 19.8. The van der Waals surface area contributed by atoms with Gasteiger partial charge in [0, 0.05) is 36.7 Å². The summed E-state index contributed by atoms with van der Waals surface area (Å²) in [6, 6.07) is 7.95. The van der Waals surface area contributed by atoms with E-state index in [1.807, 2.05) is 0 Å². The molecule has 1 saturated heterocycles. The van der Waals surface area contributed by atoms with Crippen LogP contribution in [0, 0.1) is 23.4 Å². The van der Waals surface area contributed by atoms with Crippen molar-refractivity contribution < 1.29 is 23.1 Å². The minimum absolute atomic E-state index is 0.0943. The lowest BCUT2D eigenvalue weighted by molar-refractivity contribution is -0.138. The van der Waals surface area contributed by atoms with Gasteiger partial charge in [-0.05, 0) is 53.8 Å². The Hall–Kier alpha value is -2.80. The van der Waals surface area contributed by atoms with Gasteiger partial charge in [-0.15, -0.1) is 0 Å². The SMILES string of the molecule is O=C(CCO)N1CC(Cc2c(-c3ccc(F)cc3)[nH]c3c(F)cc(F)cc23)C1. The average Bonchev–Trinajstić information content (AvgIpc) is 2.97. The number of halogens is 3. The van der Waals surface area contributed by atoms with Crippen LogP contribution in [0.15, 0.2) is 36.4 Å². The molecule has 0 spiro atoms. The third-order valence-electron chi connectivity index (χ3n) is 5.19. The van der Waals surface area contributed by atoms with Crippen LogP contribution >= 0.6 is 0 Å². The van der Waals surface area contributed by atoms with E-state index in [9.17, 15) is 18.0 Å². The molecule has 0 atom stereocenters. The van der Waals surface area contributed by atoms with E-state index >= 15 is 0 Å². The van der Waals surface area contributed by atoms with Crippen molar-refractivity contribution in [2.75, 3.05) is 19.7 Å². The smallest absolute Gasteiger partial charge is 0.224 e. The van der Waals surface area contributed by atoms with E-state index in [1.165, 1.54) is 18.2 Å². The van der Waals surface area contributed by atoms with Gasteiger partial charge in [0.2, 0.25) is 5.91 Å². The normalized spacial score (nSPS) is 14.5. The number of nitrogens with one attached hydrogen (secondary N) is 1. The van der Waals surface area contributed by atoms with Crippen LogP contribution in [-0.2, 0) is 11.2 Å². The minimum Gasteiger partial charge on any atom is -0.396 e. The molecule has 1 aliphatic rings. The fourth-order valence-electron chi connectivity index (χ4n) is 3.79. The highest BCUT2D eigenvalue weighted by Crippen LogP contribution is 2.35. The van der Waals surface area contributed by atoms with Crippen LogP contribution in [0.3, 0.4) is 0 Å². The van der Waals surface area contributed by atoms with Crippen molar-refractivity contribution in [3.05, 3.63) is 59.4 Å². The van der Waals surface area contributed by atoms with Crippen LogP contribution in [0.1, 0.15) is 12.0 Å². The zero-order valence-corrected chi connectivity index (χ0v) is 15.0. The number of aliphatic hydroxyl groups excluding tert-OH is 1. The predicted octanol–water partition coefficient (Wildman–Crippen LogP) is 3.64. The van der Waals surface area contributed by atoms with Gasteiger partial charge in [0.15, 0.2) is 0 Å². The third-order valence-corrected chi connectivity index (χ3v) is 5.19. The largest absolute Gasteiger partial charge is 0.396 e. The molecular weight excluding hydrogens is 369 g/mol. The number of likely N-dealkylation sites (tertiary alicyclic amines) is 1. The molecule has 0 unspecified atom stereocenters. The van der Waals surface area contributed by atoms with E-state index in [-0.39, 0.29) is 36.2 Å². The van der Waals surface area contributed by atoms with E-state index in [0.29, 0.717) is 36.2 Å². The average molecular weight is 388 g/mol. The van der Waals surface area contributed by atoms with E-state index in [4.69, 9.17) is 5.11 Å². The van der Waals surface area contributed by atoms with Gasteiger partial charge in [0.25, 0.3) is 0 Å². The number of aromatic nitrogens is 1. The molecule has 0 bridgehead atoms. The monoisotopic (exact) mass is 388 g/mol. The summed E-state index contributed by atoms with van der Waals surface area (Å²) in [5.74, 6) is -1.68. The lowest BCUT2D eigenvalue weighted by Crippen LogP contribution is -2.50. The predicted molar refractivity (Wildman–Crippen MR) is 99.1 cm³/mol. The van der Waals surface area contributed by atoms with Crippen molar-refractivity contribution in [2.45, 2.75) is 12.8 Å². The molecule has 1 amide bonds. The van der Waals surface area contributed by atoms with E-state index in [0.717, 1.165) is 11.6 Å².